The van der Waals surface area contributed by atoms with Gasteiger partial charge in [-0.15, -0.1) is 10.2 Å². The molecular formula is C27H33FN6O3. The molecule has 3 aromatic rings. The van der Waals surface area contributed by atoms with E-state index < -0.39 is 6.04 Å². The van der Waals surface area contributed by atoms with Gasteiger partial charge in [-0.2, -0.15) is 4.80 Å². The lowest BCUT2D eigenvalue weighted by atomic mass is 10.00. The lowest BCUT2D eigenvalue weighted by Gasteiger charge is -2.32. The third-order valence-electron chi connectivity index (χ3n) is 6.25. The maximum Gasteiger partial charge on any atom is 0.251 e. The summed E-state index contributed by atoms with van der Waals surface area (Å²) in [7, 11) is 0. The van der Waals surface area contributed by atoms with Crippen LogP contribution in [0.5, 0.6) is 0 Å². The Bertz CT molecular complexity index is 1190. The zero-order valence-electron chi connectivity index (χ0n) is 21.4. The molecule has 2 atom stereocenters. The number of nitrogens with one attached hydrogen (secondary N) is 1. The van der Waals surface area contributed by atoms with Crippen LogP contribution in [0.4, 0.5) is 10.1 Å². The number of ether oxygens (including phenoxy) is 1. The molecule has 1 aromatic heterocycles. The van der Waals surface area contributed by atoms with Crippen LogP contribution < -0.4 is 10.2 Å². The minimum Gasteiger partial charge on any atom is -0.376 e. The molecule has 2 amide bonds. The highest BCUT2D eigenvalue weighted by Gasteiger charge is 2.33. The zero-order valence-corrected chi connectivity index (χ0v) is 21.4. The van der Waals surface area contributed by atoms with Crippen molar-refractivity contribution in [3.8, 4) is 11.4 Å². The number of nitrogens with zero attached hydrogens (tertiary/aromatic N) is 5. The first-order valence-electron chi connectivity index (χ1n) is 12.6. The van der Waals surface area contributed by atoms with Gasteiger partial charge in [0.2, 0.25) is 11.7 Å². The number of halogens is 1. The normalized spacial score (nSPS) is 16.1. The Morgan fingerprint density at radius 1 is 1.16 bits per heavy atom. The molecule has 10 heteroatoms. The maximum absolute atomic E-state index is 13.7. The second kappa shape index (κ2) is 12.1. The largest absolute Gasteiger partial charge is 0.376 e. The molecule has 0 aliphatic carbocycles. The van der Waals surface area contributed by atoms with Gasteiger partial charge >= 0.3 is 0 Å². The Hall–Kier alpha value is -3.66. The van der Waals surface area contributed by atoms with Gasteiger partial charge < -0.3 is 10.1 Å². The molecule has 4 rings (SSSR count). The van der Waals surface area contributed by atoms with E-state index in [1.54, 1.807) is 12.1 Å². The monoisotopic (exact) mass is 508 g/mol. The summed E-state index contributed by atoms with van der Waals surface area (Å²) >= 11 is 0. The fraction of sp³-hybridized carbons (Fsp3) is 0.444. The highest BCUT2D eigenvalue weighted by Crippen LogP contribution is 2.23. The number of tetrazole rings is 1. The Morgan fingerprint density at radius 3 is 2.54 bits per heavy atom. The molecule has 0 bridgehead atoms. The third kappa shape index (κ3) is 6.97. The Kier molecular flexibility index (Phi) is 8.60. The van der Waals surface area contributed by atoms with E-state index in [9.17, 15) is 14.0 Å². The third-order valence-corrected chi connectivity index (χ3v) is 6.25. The average molecular weight is 509 g/mol. The van der Waals surface area contributed by atoms with Gasteiger partial charge in [0.25, 0.3) is 5.91 Å². The predicted octanol–water partition coefficient (Wildman–Crippen LogP) is 3.53. The van der Waals surface area contributed by atoms with Crippen molar-refractivity contribution < 1.29 is 18.7 Å². The molecule has 1 fully saturated rings. The maximum atomic E-state index is 13.7. The van der Waals surface area contributed by atoms with Gasteiger partial charge in [0.05, 0.1) is 6.10 Å². The Morgan fingerprint density at radius 2 is 1.89 bits per heavy atom. The van der Waals surface area contributed by atoms with Crippen molar-refractivity contribution in [2.45, 2.75) is 58.7 Å². The second-order valence-electron chi connectivity index (χ2n) is 9.78. The second-order valence-corrected chi connectivity index (χ2v) is 9.78. The number of hydrogen-bond donors (Lipinski definition) is 1. The first-order chi connectivity index (χ1) is 17.8. The number of hydrogen-bond acceptors (Lipinski definition) is 6. The summed E-state index contributed by atoms with van der Waals surface area (Å²) in [5.74, 6) is -0.493. The van der Waals surface area contributed by atoms with Gasteiger partial charge in [-0.05, 0) is 73.7 Å². The molecule has 0 saturated carbocycles. The Balaban J connectivity index is 1.58. The molecule has 9 nitrogen and oxygen atoms in total. The number of aromatic nitrogens is 4. The van der Waals surface area contributed by atoms with Crippen LogP contribution in [0.25, 0.3) is 11.4 Å². The lowest BCUT2D eigenvalue weighted by Crippen LogP contribution is -2.52. The summed E-state index contributed by atoms with van der Waals surface area (Å²) in [6.07, 6.45) is 2.36. The van der Waals surface area contributed by atoms with Gasteiger partial charge in [-0.25, -0.2) is 4.39 Å². The minimum atomic E-state index is -0.725. The van der Waals surface area contributed by atoms with Crippen molar-refractivity contribution in [3.63, 3.8) is 0 Å². The van der Waals surface area contributed by atoms with Gasteiger partial charge in [-0.1, -0.05) is 31.5 Å². The van der Waals surface area contributed by atoms with E-state index in [1.165, 1.54) is 21.8 Å². The van der Waals surface area contributed by atoms with E-state index in [2.05, 4.69) is 20.7 Å². The van der Waals surface area contributed by atoms with E-state index in [0.717, 1.165) is 18.4 Å². The highest BCUT2D eigenvalue weighted by molar-refractivity contribution is 6.00. The topological polar surface area (TPSA) is 102 Å². The number of anilines is 1. The number of carbonyl (C=O) groups excluding carboxylic acids is 2. The molecule has 2 heterocycles. The fourth-order valence-electron chi connectivity index (χ4n) is 4.34. The molecule has 2 aromatic carbocycles. The summed E-state index contributed by atoms with van der Waals surface area (Å²) in [6, 6.07) is 12.5. The van der Waals surface area contributed by atoms with Crippen LogP contribution in [0.2, 0.25) is 0 Å². The first-order valence-corrected chi connectivity index (χ1v) is 12.6. The molecular weight excluding hydrogens is 475 g/mol. The van der Waals surface area contributed by atoms with E-state index >= 15 is 0 Å². The van der Waals surface area contributed by atoms with Crippen LogP contribution in [0.1, 0.15) is 38.7 Å². The molecule has 1 N–H and O–H groups in total. The van der Waals surface area contributed by atoms with Gasteiger partial charge in [0.1, 0.15) is 18.4 Å². The SMILES string of the molecule is Cc1ccc(N(C(=O)Cn2nnc(-c3ccc(F)cc3)n2)[C@H](CC(C)C)C(=O)NC[C@H]2CCCO2)cc1. The standard InChI is InChI=1S/C27H33FN6O3/c1-18(2)15-24(27(36)29-16-23-5-4-14-37-23)34(22-12-6-19(3)7-13-22)25(35)17-33-31-26(30-32-33)20-8-10-21(28)11-9-20/h6-13,18,23-24H,4-5,14-17H2,1-3H3,(H,29,36)/t23-,24-/m1/s1. The van der Waals surface area contributed by atoms with Crippen molar-refractivity contribution in [2.75, 3.05) is 18.1 Å². The number of rotatable bonds is 10. The number of benzene rings is 2. The number of carbonyl (C=O) groups is 2. The van der Waals surface area contributed by atoms with Crippen molar-refractivity contribution in [1.29, 1.82) is 0 Å². The van der Waals surface area contributed by atoms with E-state index in [1.807, 2.05) is 45.0 Å². The van der Waals surface area contributed by atoms with E-state index in [4.69, 9.17) is 4.74 Å². The molecule has 196 valence electrons. The van der Waals surface area contributed by atoms with Crippen LogP contribution >= 0.6 is 0 Å². The van der Waals surface area contributed by atoms with Crippen LogP contribution in [-0.2, 0) is 20.9 Å². The average Bonchev–Trinajstić information content (AvgIpc) is 3.56. The van der Waals surface area contributed by atoms with Gasteiger partial charge in [-0.3, -0.25) is 14.5 Å². The quantitative estimate of drug-likeness (QED) is 0.450. The van der Waals surface area contributed by atoms with Gasteiger partial charge in [0.15, 0.2) is 0 Å². The number of aryl methyl sites for hydroxylation is 1. The highest BCUT2D eigenvalue weighted by atomic mass is 19.1. The molecule has 37 heavy (non-hydrogen) atoms. The van der Waals surface area contributed by atoms with Crippen molar-refractivity contribution in [3.05, 3.63) is 59.9 Å². The smallest absolute Gasteiger partial charge is 0.251 e. The lowest BCUT2D eigenvalue weighted by molar-refractivity contribution is -0.127. The van der Waals surface area contributed by atoms with Gasteiger partial charge in [0, 0.05) is 24.4 Å². The molecule has 0 spiro atoms. The summed E-state index contributed by atoms with van der Waals surface area (Å²) in [5.41, 5.74) is 2.25. The molecule has 1 aliphatic rings. The molecule has 0 radical (unpaired) electrons. The van der Waals surface area contributed by atoms with Crippen molar-refractivity contribution >= 4 is 17.5 Å². The number of amides is 2. The summed E-state index contributed by atoms with van der Waals surface area (Å²) in [6.45, 7) is 6.91. The van der Waals surface area contributed by atoms with Crippen LogP contribution in [0.3, 0.4) is 0 Å². The molecule has 1 saturated heterocycles. The minimum absolute atomic E-state index is 0.00333. The Labute approximate surface area is 216 Å². The summed E-state index contributed by atoms with van der Waals surface area (Å²) in [4.78, 5) is 29.9. The molecule has 1 aliphatic heterocycles. The van der Waals surface area contributed by atoms with Crippen LogP contribution in [-0.4, -0.2) is 57.3 Å². The summed E-state index contributed by atoms with van der Waals surface area (Å²) < 4.78 is 18.9. The van der Waals surface area contributed by atoms with Crippen LogP contribution in [0.15, 0.2) is 48.5 Å². The van der Waals surface area contributed by atoms with Crippen molar-refractivity contribution in [2.24, 2.45) is 5.92 Å². The zero-order chi connectivity index (χ0) is 26.4. The van der Waals surface area contributed by atoms with E-state index in [0.29, 0.717) is 30.8 Å². The van der Waals surface area contributed by atoms with Crippen LogP contribution in [0, 0.1) is 18.7 Å². The fourth-order valence-corrected chi connectivity index (χ4v) is 4.34. The van der Waals surface area contributed by atoms with E-state index in [-0.39, 0.29) is 42.0 Å². The predicted molar refractivity (Wildman–Crippen MR) is 137 cm³/mol. The molecule has 0 unspecified atom stereocenters. The first kappa shape index (κ1) is 26.4. The summed E-state index contributed by atoms with van der Waals surface area (Å²) in [5, 5.41) is 15.3. The van der Waals surface area contributed by atoms with Crippen molar-refractivity contribution in [1.82, 2.24) is 25.5 Å².